The van der Waals surface area contributed by atoms with Crippen LogP contribution in [0.25, 0.3) is 0 Å². The van der Waals surface area contributed by atoms with Crippen molar-refractivity contribution in [3.63, 3.8) is 0 Å². The zero-order valence-electron chi connectivity index (χ0n) is 17.7. The van der Waals surface area contributed by atoms with Crippen LogP contribution in [-0.4, -0.2) is 35.3 Å². The summed E-state index contributed by atoms with van der Waals surface area (Å²) in [5, 5.41) is 5.80. The number of hydrogen-bond acceptors (Lipinski definition) is 5. The molecule has 1 aromatic heterocycles. The molecule has 1 saturated heterocycles. The fourth-order valence-corrected chi connectivity index (χ4v) is 3.88. The molecular weight excluding hydrogens is 427 g/mol. The van der Waals surface area contributed by atoms with Crippen LogP contribution >= 0.6 is 12.2 Å². The first-order chi connectivity index (χ1) is 14.6. The second kappa shape index (κ2) is 9.67. The summed E-state index contributed by atoms with van der Waals surface area (Å²) in [7, 11) is 1.58. The van der Waals surface area contributed by atoms with E-state index in [1.807, 2.05) is 29.2 Å². The van der Waals surface area contributed by atoms with Gasteiger partial charge in [0.05, 0.1) is 7.11 Å². The molecule has 1 aromatic carbocycles. The van der Waals surface area contributed by atoms with Gasteiger partial charge in [-0.05, 0) is 48.2 Å². The molecule has 0 amide bonds. The van der Waals surface area contributed by atoms with Crippen LogP contribution in [0.15, 0.2) is 30.3 Å². The van der Waals surface area contributed by atoms with Gasteiger partial charge in [0, 0.05) is 25.7 Å². The van der Waals surface area contributed by atoms with E-state index in [1.165, 1.54) is 0 Å². The quantitative estimate of drug-likeness (QED) is 0.648. The highest BCUT2D eigenvalue weighted by atomic mass is 32.1. The summed E-state index contributed by atoms with van der Waals surface area (Å²) in [6.45, 7) is 5.87. The Morgan fingerprint density at radius 2 is 1.81 bits per heavy atom. The third-order valence-electron chi connectivity index (χ3n) is 5.03. The average Bonchev–Trinajstić information content (AvgIpc) is 2.71. The van der Waals surface area contributed by atoms with Crippen molar-refractivity contribution >= 4 is 29.1 Å². The van der Waals surface area contributed by atoms with E-state index >= 15 is 0 Å². The normalized spacial score (nSPS) is 19.1. The lowest BCUT2D eigenvalue weighted by atomic mass is 9.92. The number of methoxy groups -OCH3 is 1. The van der Waals surface area contributed by atoms with Gasteiger partial charge in [-0.2, -0.15) is 18.2 Å². The summed E-state index contributed by atoms with van der Waals surface area (Å²) in [4.78, 5) is 9.84. The molecule has 0 radical (unpaired) electrons. The van der Waals surface area contributed by atoms with Gasteiger partial charge in [0.1, 0.15) is 11.6 Å². The second-order valence-electron chi connectivity index (χ2n) is 7.94. The molecule has 31 heavy (non-hydrogen) atoms. The molecule has 2 N–H and O–H groups in total. The van der Waals surface area contributed by atoms with Gasteiger partial charge in [-0.3, -0.25) is 0 Å². The first-order valence-electron chi connectivity index (χ1n) is 10.0. The van der Waals surface area contributed by atoms with Crippen molar-refractivity contribution in [2.24, 2.45) is 11.8 Å². The molecule has 2 atom stereocenters. The molecule has 1 aliphatic rings. The van der Waals surface area contributed by atoms with Crippen LogP contribution in [0, 0.1) is 11.8 Å². The van der Waals surface area contributed by atoms with Gasteiger partial charge in [0.15, 0.2) is 10.8 Å². The number of halogens is 3. The monoisotopic (exact) mass is 453 g/mol. The van der Waals surface area contributed by atoms with E-state index in [1.54, 1.807) is 7.11 Å². The SMILES string of the molecule is COc1ccc(CNC(=S)Nc2nc(N3C[C@H](C)C[C@@H](C)C3)cc(C(F)(F)F)n2)cc1. The number of aromatic nitrogens is 2. The number of alkyl halides is 3. The minimum Gasteiger partial charge on any atom is -0.497 e. The molecule has 3 rings (SSSR count). The molecule has 6 nitrogen and oxygen atoms in total. The summed E-state index contributed by atoms with van der Waals surface area (Å²) in [6.07, 6.45) is -3.54. The first-order valence-corrected chi connectivity index (χ1v) is 10.4. The van der Waals surface area contributed by atoms with Gasteiger partial charge < -0.3 is 20.3 Å². The van der Waals surface area contributed by atoms with Crippen LogP contribution in [0.4, 0.5) is 24.9 Å². The summed E-state index contributed by atoms with van der Waals surface area (Å²) in [6, 6.07) is 8.37. The van der Waals surface area contributed by atoms with E-state index < -0.39 is 11.9 Å². The third-order valence-corrected chi connectivity index (χ3v) is 5.28. The molecule has 168 valence electrons. The molecule has 1 fully saturated rings. The number of ether oxygens (including phenoxy) is 1. The number of thiocarbonyl (C=S) groups is 1. The highest BCUT2D eigenvalue weighted by Gasteiger charge is 2.35. The molecular formula is C21H26F3N5OS. The van der Waals surface area contributed by atoms with Crippen molar-refractivity contribution in [1.29, 1.82) is 0 Å². The maximum absolute atomic E-state index is 13.4. The Labute approximate surface area is 185 Å². The van der Waals surface area contributed by atoms with Gasteiger partial charge in [0.25, 0.3) is 0 Å². The summed E-state index contributed by atoms with van der Waals surface area (Å²) in [5.41, 5.74) is -0.0595. The fraction of sp³-hybridized carbons (Fsp3) is 0.476. The zero-order chi connectivity index (χ0) is 22.6. The topological polar surface area (TPSA) is 62.3 Å². The number of benzene rings is 1. The molecule has 0 unspecified atom stereocenters. The molecule has 0 bridgehead atoms. The summed E-state index contributed by atoms with van der Waals surface area (Å²) in [5.74, 6) is 1.55. The fourth-order valence-electron chi connectivity index (χ4n) is 3.72. The van der Waals surface area contributed by atoms with Crippen molar-refractivity contribution < 1.29 is 17.9 Å². The Kier molecular flexibility index (Phi) is 7.19. The van der Waals surface area contributed by atoms with Crippen molar-refractivity contribution in [1.82, 2.24) is 15.3 Å². The largest absolute Gasteiger partial charge is 0.497 e. The lowest BCUT2D eigenvalue weighted by molar-refractivity contribution is -0.141. The Hall–Kier alpha value is -2.62. The molecule has 1 aliphatic heterocycles. The van der Waals surface area contributed by atoms with Crippen LogP contribution in [0.5, 0.6) is 5.75 Å². The van der Waals surface area contributed by atoms with Crippen molar-refractivity contribution in [3.8, 4) is 5.75 Å². The van der Waals surface area contributed by atoms with E-state index in [-0.39, 0.29) is 16.9 Å². The molecule has 0 spiro atoms. The molecule has 10 heteroatoms. The lowest BCUT2D eigenvalue weighted by Gasteiger charge is -2.36. The van der Waals surface area contributed by atoms with Crippen molar-refractivity contribution in [2.75, 3.05) is 30.4 Å². The number of hydrogen-bond donors (Lipinski definition) is 2. The van der Waals surface area contributed by atoms with Gasteiger partial charge in [-0.25, -0.2) is 4.98 Å². The first kappa shape index (κ1) is 23.1. The lowest BCUT2D eigenvalue weighted by Crippen LogP contribution is -2.39. The van der Waals surface area contributed by atoms with Gasteiger partial charge in [-0.15, -0.1) is 0 Å². The number of rotatable bonds is 5. The zero-order valence-corrected chi connectivity index (χ0v) is 18.5. The van der Waals surface area contributed by atoms with E-state index in [0.29, 0.717) is 31.5 Å². The van der Waals surface area contributed by atoms with Gasteiger partial charge in [0.2, 0.25) is 5.95 Å². The van der Waals surface area contributed by atoms with Crippen LogP contribution in [-0.2, 0) is 12.7 Å². The minimum atomic E-state index is -4.58. The minimum absolute atomic E-state index is 0.140. The van der Waals surface area contributed by atoms with Crippen LogP contribution in [0.1, 0.15) is 31.5 Å². The standard InChI is InChI=1S/C21H26F3N5OS/c1-13-8-14(2)12-29(11-13)18-9-17(21(22,23)24)26-19(27-18)28-20(31)25-10-15-4-6-16(30-3)7-5-15/h4-7,9,13-14H,8,10-12H2,1-3H3,(H2,25,26,27,28,31)/t13-,14-/m1/s1. The van der Waals surface area contributed by atoms with E-state index in [4.69, 9.17) is 17.0 Å². The third kappa shape index (κ3) is 6.43. The van der Waals surface area contributed by atoms with Crippen LogP contribution < -0.4 is 20.3 Å². The number of anilines is 2. The maximum Gasteiger partial charge on any atom is 0.433 e. The Morgan fingerprint density at radius 3 is 2.39 bits per heavy atom. The Bertz CT molecular complexity index is 897. The van der Waals surface area contributed by atoms with Crippen molar-refractivity contribution in [2.45, 2.75) is 33.0 Å². The molecule has 2 aromatic rings. The number of nitrogens with one attached hydrogen (secondary N) is 2. The number of nitrogens with zero attached hydrogens (tertiary/aromatic N) is 3. The Balaban J connectivity index is 1.73. The maximum atomic E-state index is 13.4. The van der Waals surface area contributed by atoms with Crippen LogP contribution in [0.3, 0.4) is 0 Å². The summed E-state index contributed by atoms with van der Waals surface area (Å²) < 4.78 is 45.4. The van der Waals surface area contributed by atoms with E-state index in [2.05, 4.69) is 34.4 Å². The highest BCUT2D eigenvalue weighted by Crippen LogP contribution is 2.32. The summed E-state index contributed by atoms with van der Waals surface area (Å²) >= 11 is 5.24. The predicted octanol–water partition coefficient (Wildman–Crippen LogP) is 4.47. The highest BCUT2D eigenvalue weighted by molar-refractivity contribution is 7.80. The van der Waals surface area contributed by atoms with Crippen molar-refractivity contribution in [3.05, 3.63) is 41.6 Å². The van der Waals surface area contributed by atoms with E-state index in [0.717, 1.165) is 23.8 Å². The predicted molar refractivity (Wildman–Crippen MR) is 118 cm³/mol. The number of piperidine rings is 1. The average molecular weight is 454 g/mol. The molecule has 2 heterocycles. The second-order valence-corrected chi connectivity index (χ2v) is 8.35. The van der Waals surface area contributed by atoms with E-state index in [9.17, 15) is 13.2 Å². The van der Waals surface area contributed by atoms with Gasteiger partial charge in [-0.1, -0.05) is 26.0 Å². The van der Waals surface area contributed by atoms with Crippen LogP contribution in [0.2, 0.25) is 0 Å². The molecule has 0 aliphatic carbocycles. The smallest absolute Gasteiger partial charge is 0.433 e. The molecule has 0 saturated carbocycles. The Morgan fingerprint density at radius 1 is 1.16 bits per heavy atom. The van der Waals surface area contributed by atoms with Gasteiger partial charge >= 0.3 is 6.18 Å².